The van der Waals surface area contributed by atoms with E-state index in [1.54, 1.807) is 23.9 Å². The molecule has 0 aromatic heterocycles. The molecule has 0 unspecified atom stereocenters. The molecule has 0 aliphatic heterocycles. The molecular formula is C22H21FN2O3S2. The van der Waals surface area contributed by atoms with Crippen LogP contribution in [0.5, 0.6) is 0 Å². The molecule has 0 atom stereocenters. The second-order valence-electron chi connectivity index (χ2n) is 6.73. The lowest BCUT2D eigenvalue weighted by Crippen LogP contribution is -2.15. The predicted octanol–water partition coefficient (Wildman–Crippen LogP) is 5.38. The highest BCUT2D eigenvalue weighted by Crippen LogP contribution is 2.27. The van der Waals surface area contributed by atoms with Crippen molar-refractivity contribution in [2.24, 2.45) is 0 Å². The van der Waals surface area contributed by atoms with Gasteiger partial charge in [0.05, 0.1) is 16.1 Å². The molecule has 3 rings (SSSR count). The van der Waals surface area contributed by atoms with Crippen LogP contribution >= 0.6 is 11.8 Å². The summed E-state index contributed by atoms with van der Waals surface area (Å²) in [5.41, 5.74) is 0.873. The topological polar surface area (TPSA) is 75.3 Å². The number of rotatable bonds is 7. The van der Waals surface area contributed by atoms with Crippen molar-refractivity contribution in [3.63, 3.8) is 0 Å². The molecule has 0 radical (unpaired) electrons. The van der Waals surface area contributed by atoms with E-state index < -0.39 is 15.8 Å². The first-order chi connectivity index (χ1) is 14.3. The Kier molecular flexibility index (Phi) is 6.79. The van der Waals surface area contributed by atoms with Crippen LogP contribution in [0.4, 0.5) is 15.8 Å². The van der Waals surface area contributed by atoms with Gasteiger partial charge in [0.2, 0.25) is 0 Å². The molecule has 5 nitrogen and oxygen atoms in total. The third-order valence-corrected chi connectivity index (χ3v) is 6.50. The number of hydrogen-bond donors (Lipinski definition) is 2. The number of nitrogens with one attached hydrogen (secondary N) is 2. The standard InChI is InChI=1S/C22H21FN2O3S2/c1-15(2)29-21-10-6-3-7-18(21)22(26)24-16-11-13-17(14-12-16)30(27,28)25-20-9-5-4-8-19(20)23/h3-15,25H,1-2H3,(H,24,26). The van der Waals surface area contributed by atoms with Gasteiger partial charge < -0.3 is 5.32 Å². The van der Waals surface area contributed by atoms with E-state index in [1.807, 2.05) is 26.0 Å². The van der Waals surface area contributed by atoms with Gasteiger partial charge in [0.25, 0.3) is 15.9 Å². The molecule has 0 saturated carbocycles. The maximum atomic E-state index is 13.7. The summed E-state index contributed by atoms with van der Waals surface area (Å²) >= 11 is 1.59. The van der Waals surface area contributed by atoms with Crippen LogP contribution in [0.3, 0.4) is 0 Å². The van der Waals surface area contributed by atoms with E-state index in [0.717, 1.165) is 4.90 Å². The Morgan fingerprint density at radius 3 is 2.23 bits per heavy atom. The third-order valence-electron chi connectivity index (χ3n) is 4.04. The van der Waals surface area contributed by atoms with Crippen LogP contribution in [0, 0.1) is 5.82 Å². The van der Waals surface area contributed by atoms with E-state index in [9.17, 15) is 17.6 Å². The van der Waals surface area contributed by atoms with Crippen LogP contribution in [0.1, 0.15) is 24.2 Å². The lowest BCUT2D eigenvalue weighted by molar-refractivity contribution is 0.102. The zero-order valence-corrected chi connectivity index (χ0v) is 18.1. The van der Waals surface area contributed by atoms with Gasteiger partial charge in [0.1, 0.15) is 5.82 Å². The summed E-state index contributed by atoms with van der Waals surface area (Å²) < 4.78 is 40.9. The van der Waals surface area contributed by atoms with Gasteiger partial charge in [-0.1, -0.05) is 38.1 Å². The summed E-state index contributed by atoms with van der Waals surface area (Å²) in [5.74, 6) is -0.943. The maximum absolute atomic E-state index is 13.7. The molecular weight excluding hydrogens is 423 g/mol. The van der Waals surface area contributed by atoms with Crippen molar-refractivity contribution in [3.05, 3.63) is 84.2 Å². The summed E-state index contributed by atoms with van der Waals surface area (Å²) in [4.78, 5) is 13.5. The molecule has 0 heterocycles. The number of hydrogen-bond acceptors (Lipinski definition) is 4. The Hall–Kier alpha value is -2.84. The second kappa shape index (κ2) is 9.32. The van der Waals surface area contributed by atoms with E-state index >= 15 is 0 Å². The van der Waals surface area contributed by atoms with Crippen molar-refractivity contribution in [1.29, 1.82) is 0 Å². The molecule has 1 amide bonds. The predicted molar refractivity (Wildman–Crippen MR) is 119 cm³/mol. The minimum absolute atomic E-state index is 0.0421. The van der Waals surface area contributed by atoms with E-state index in [0.29, 0.717) is 16.5 Å². The average molecular weight is 445 g/mol. The zero-order valence-electron chi connectivity index (χ0n) is 16.4. The highest BCUT2D eigenvalue weighted by atomic mass is 32.2. The Morgan fingerprint density at radius 2 is 1.57 bits per heavy atom. The summed E-state index contributed by atoms with van der Waals surface area (Å²) in [6.07, 6.45) is 0. The van der Waals surface area contributed by atoms with E-state index in [4.69, 9.17) is 0 Å². The van der Waals surface area contributed by atoms with Gasteiger partial charge in [-0.15, -0.1) is 11.8 Å². The first kappa shape index (κ1) is 21.9. The highest BCUT2D eigenvalue weighted by Gasteiger charge is 2.17. The number of sulfonamides is 1. The third kappa shape index (κ3) is 5.40. The van der Waals surface area contributed by atoms with Crippen molar-refractivity contribution in [2.45, 2.75) is 28.9 Å². The monoisotopic (exact) mass is 444 g/mol. The molecule has 0 aliphatic carbocycles. The van der Waals surface area contributed by atoms with Gasteiger partial charge in [-0.2, -0.15) is 0 Å². The van der Waals surface area contributed by atoms with Gasteiger partial charge in [-0.05, 0) is 48.5 Å². The smallest absolute Gasteiger partial charge is 0.261 e. The Morgan fingerprint density at radius 1 is 0.933 bits per heavy atom. The van der Waals surface area contributed by atoms with E-state index in [2.05, 4.69) is 10.0 Å². The Bertz CT molecular complexity index is 1150. The zero-order chi connectivity index (χ0) is 21.7. The summed E-state index contributed by atoms with van der Waals surface area (Å²) in [6, 6.07) is 18.5. The van der Waals surface area contributed by atoms with Crippen molar-refractivity contribution < 1.29 is 17.6 Å². The number of para-hydroxylation sites is 1. The average Bonchev–Trinajstić information content (AvgIpc) is 2.70. The molecule has 0 bridgehead atoms. The minimum Gasteiger partial charge on any atom is -0.322 e. The van der Waals surface area contributed by atoms with Crippen LogP contribution in [-0.4, -0.2) is 19.6 Å². The lowest BCUT2D eigenvalue weighted by atomic mass is 10.2. The van der Waals surface area contributed by atoms with Crippen LogP contribution in [0.2, 0.25) is 0 Å². The molecule has 156 valence electrons. The normalized spacial score (nSPS) is 11.3. The maximum Gasteiger partial charge on any atom is 0.261 e. The molecule has 2 N–H and O–H groups in total. The molecule has 3 aromatic rings. The molecule has 0 fully saturated rings. The lowest BCUT2D eigenvalue weighted by Gasteiger charge is -2.12. The minimum atomic E-state index is -3.96. The Labute approximate surface area is 179 Å². The number of carbonyl (C=O) groups excluding carboxylic acids is 1. The summed E-state index contributed by atoms with van der Waals surface area (Å²) in [6.45, 7) is 4.10. The van der Waals surface area contributed by atoms with Gasteiger partial charge in [0.15, 0.2) is 0 Å². The molecule has 3 aromatic carbocycles. The number of carbonyl (C=O) groups is 1. The molecule has 30 heavy (non-hydrogen) atoms. The molecule has 8 heteroatoms. The molecule has 0 saturated heterocycles. The molecule has 0 aliphatic rings. The number of halogens is 1. The van der Waals surface area contributed by atoms with Crippen LogP contribution in [-0.2, 0) is 10.0 Å². The van der Waals surface area contributed by atoms with Crippen LogP contribution in [0.15, 0.2) is 82.6 Å². The fraction of sp³-hybridized carbons (Fsp3) is 0.136. The first-order valence-electron chi connectivity index (χ1n) is 9.21. The largest absolute Gasteiger partial charge is 0.322 e. The van der Waals surface area contributed by atoms with Gasteiger partial charge >= 0.3 is 0 Å². The second-order valence-corrected chi connectivity index (χ2v) is 10.0. The van der Waals surface area contributed by atoms with Crippen LogP contribution < -0.4 is 10.0 Å². The SMILES string of the molecule is CC(C)Sc1ccccc1C(=O)Nc1ccc(S(=O)(=O)Nc2ccccc2F)cc1. The van der Waals surface area contributed by atoms with Crippen molar-refractivity contribution >= 4 is 39.1 Å². The first-order valence-corrected chi connectivity index (χ1v) is 11.6. The summed E-state index contributed by atoms with van der Waals surface area (Å²) in [7, 11) is -3.96. The summed E-state index contributed by atoms with van der Waals surface area (Å²) in [5, 5.41) is 3.11. The van der Waals surface area contributed by atoms with Crippen molar-refractivity contribution in [2.75, 3.05) is 10.0 Å². The fourth-order valence-electron chi connectivity index (χ4n) is 2.67. The number of amides is 1. The van der Waals surface area contributed by atoms with Gasteiger partial charge in [-0.3, -0.25) is 9.52 Å². The van der Waals surface area contributed by atoms with Gasteiger partial charge in [0, 0.05) is 15.8 Å². The van der Waals surface area contributed by atoms with Crippen molar-refractivity contribution in [3.8, 4) is 0 Å². The van der Waals surface area contributed by atoms with Crippen molar-refractivity contribution in [1.82, 2.24) is 0 Å². The van der Waals surface area contributed by atoms with Crippen LogP contribution in [0.25, 0.3) is 0 Å². The van der Waals surface area contributed by atoms with E-state index in [-0.39, 0.29) is 16.5 Å². The Balaban J connectivity index is 1.75. The highest BCUT2D eigenvalue weighted by molar-refractivity contribution is 8.00. The fourth-order valence-corrected chi connectivity index (χ4v) is 4.69. The van der Waals surface area contributed by atoms with Gasteiger partial charge in [-0.25, -0.2) is 12.8 Å². The number of thioether (sulfide) groups is 1. The van der Waals surface area contributed by atoms with E-state index in [1.165, 1.54) is 48.5 Å². The molecule has 0 spiro atoms. The quantitative estimate of drug-likeness (QED) is 0.480. The number of anilines is 2. The number of benzene rings is 3.